The molecule has 0 saturated heterocycles. The molecule has 14 heavy (non-hydrogen) atoms. The van der Waals surface area contributed by atoms with Crippen molar-refractivity contribution in [3.8, 4) is 11.8 Å². The Morgan fingerprint density at radius 3 is 2.79 bits per heavy atom. The smallest absolute Gasteiger partial charge is 0.384 e. The first kappa shape index (κ1) is 12.7. The summed E-state index contributed by atoms with van der Waals surface area (Å²) in [5, 5.41) is 0. The largest absolute Gasteiger partial charge is 0.456 e. The van der Waals surface area contributed by atoms with Gasteiger partial charge in [0.05, 0.1) is 6.61 Å². The maximum Gasteiger partial charge on any atom is 0.384 e. The van der Waals surface area contributed by atoms with Crippen molar-refractivity contribution in [3.63, 3.8) is 0 Å². The topological polar surface area (TPSA) is 43.4 Å². The molecular formula is C11H16O3. The molecule has 3 heteroatoms. The van der Waals surface area contributed by atoms with Crippen molar-refractivity contribution in [2.45, 2.75) is 39.0 Å². The molecule has 78 valence electrons. The number of carbonyl (C=O) groups is 2. The molecule has 0 aliphatic rings. The lowest BCUT2D eigenvalue weighted by Crippen LogP contribution is -1.99. The third kappa shape index (κ3) is 8.79. The van der Waals surface area contributed by atoms with E-state index in [0.717, 1.165) is 25.5 Å². The Morgan fingerprint density at radius 1 is 1.36 bits per heavy atom. The average molecular weight is 196 g/mol. The Hall–Kier alpha value is -1.30. The van der Waals surface area contributed by atoms with Crippen molar-refractivity contribution < 1.29 is 14.3 Å². The summed E-state index contributed by atoms with van der Waals surface area (Å²) in [6.45, 7) is 2.12. The Morgan fingerprint density at radius 2 is 2.14 bits per heavy atom. The second-order valence-electron chi connectivity index (χ2n) is 2.79. The summed E-state index contributed by atoms with van der Waals surface area (Å²) in [6.07, 6.45) is 5.05. The average Bonchev–Trinajstić information content (AvgIpc) is 2.17. The monoisotopic (exact) mass is 196 g/mol. The maximum atomic E-state index is 10.7. The number of rotatable bonds is 6. The third-order valence-corrected chi connectivity index (χ3v) is 1.59. The second-order valence-corrected chi connectivity index (χ2v) is 2.79. The van der Waals surface area contributed by atoms with Crippen LogP contribution in [0.4, 0.5) is 0 Å². The van der Waals surface area contributed by atoms with Crippen LogP contribution in [0.1, 0.15) is 39.0 Å². The lowest BCUT2D eigenvalue weighted by molar-refractivity contribution is -0.136. The van der Waals surface area contributed by atoms with E-state index >= 15 is 0 Å². The molecule has 0 saturated carbocycles. The number of aldehydes is 1. The van der Waals surface area contributed by atoms with Gasteiger partial charge in [-0.05, 0) is 19.8 Å². The van der Waals surface area contributed by atoms with E-state index in [-0.39, 0.29) is 0 Å². The highest BCUT2D eigenvalue weighted by atomic mass is 16.5. The minimum atomic E-state index is -0.458. The molecule has 0 aliphatic heterocycles. The van der Waals surface area contributed by atoms with Crippen LogP contribution in [0.2, 0.25) is 0 Å². The van der Waals surface area contributed by atoms with Crippen molar-refractivity contribution in [3.05, 3.63) is 0 Å². The van der Waals surface area contributed by atoms with Gasteiger partial charge in [-0.2, -0.15) is 0 Å². The van der Waals surface area contributed by atoms with Gasteiger partial charge in [-0.15, -0.1) is 0 Å². The molecule has 0 rings (SSSR count). The molecular weight excluding hydrogens is 180 g/mol. The number of carbonyl (C=O) groups excluding carboxylic acids is 2. The highest BCUT2D eigenvalue weighted by Crippen LogP contribution is 2.00. The van der Waals surface area contributed by atoms with Gasteiger partial charge in [0.25, 0.3) is 0 Å². The van der Waals surface area contributed by atoms with E-state index in [0.29, 0.717) is 19.4 Å². The van der Waals surface area contributed by atoms with Crippen molar-refractivity contribution in [2.24, 2.45) is 0 Å². The zero-order chi connectivity index (χ0) is 10.6. The summed E-state index contributed by atoms with van der Waals surface area (Å²) in [6, 6.07) is 0. The van der Waals surface area contributed by atoms with Gasteiger partial charge in [0.2, 0.25) is 0 Å². The predicted octanol–water partition coefficient (Wildman–Crippen LogP) is 1.70. The van der Waals surface area contributed by atoms with E-state index in [4.69, 9.17) is 0 Å². The maximum absolute atomic E-state index is 10.7. The van der Waals surface area contributed by atoms with Crippen molar-refractivity contribution in [1.29, 1.82) is 0 Å². The molecule has 0 atom stereocenters. The Bertz CT molecular complexity index is 222. The van der Waals surface area contributed by atoms with Crippen LogP contribution in [0.25, 0.3) is 0 Å². The highest BCUT2D eigenvalue weighted by molar-refractivity contribution is 5.88. The van der Waals surface area contributed by atoms with Crippen LogP contribution >= 0.6 is 0 Å². The normalized spacial score (nSPS) is 8.64. The van der Waals surface area contributed by atoms with Crippen molar-refractivity contribution >= 4 is 12.3 Å². The molecule has 0 aliphatic carbocycles. The van der Waals surface area contributed by atoms with Gasteiger partial charge in [0.1, 0.15) is 6.29 Å². The van der Waals surface area contributed by atoms with Gasteiger partial charge < -0.3 is 9.53 Å². The Kier molecular flexibility index (Phi) is 8.88. The standard InChI is InChI=1S/C11H16O3/c1-2-14-11(13)9-7-5-3-4-6-8-10-12/h10H,2-6,8H2,1H3. The van der Waals surface area contributed by atoms with Crippen molar-refractivity contribution in [2.75, 3.05) is 6.61 Å². The summed E-state index contributed by atoms with van der Waals surface area (Å²) in [4.78, 5) is 20.7. The summed E-state index contributed by atoms with van der Waals surface area (Å²) in [7, 11) is 0. The van der Waals surface area contributed by atoms with Crippen LogP contribution in [0, 0.1) is 11.8 Å². The Balaban J connectivity index is 3.33. The van der Waals surface area contributed by atoms with Crippen LogP contribution in [0.5, 0.6) is 0 Å². The van der Waals surface area contributed by atoms with Gasteiger partial charge in [-0.25, -0.2) is 4.79 Å². The van der Waals surface area contributed by atoms with E-state index in [2.05, 4.69) is 16.6 Å². The molecule has 0 spiro atoms. The molecule has 0 bridgehead atoms. The van der Waals surface area contributed by atoms with Crippen LogP contribution in [0.3, 0.4) is 0 Å². The Labute approximate surface area is 84.8 Å². The fourth-order valence-electron chi connectivity index (χ4n) is 0.920. The lowest BCUT2D eigenvalue weighted by Gasteiger charge is -1.92. The summed E-state index contributed by atoms with van der Waals surface area (Å²) < 4.78 is 4.63. The van der Waals surface area contributed by atoms with E-state index in [9.17, 15) is 9.59 Å². The highest BCUT2D eigenvalue weighted by Gasteiger charge is 1.91. The number of hydrogen-bond acceptors (Lipinski definition) is 3. The first-order chi connectivity index (χ1) is 6.81. The van der Waals surface area contributed by atoms with Crippen LogP contribution in [-0.4, -0.2) is 18.9 Å². The van der Waals surface area contributed by atoms with Crippen molar-refractivity contribution in [1.82, 2.24) is 0 Å². The molecule has 0 aromatic carbocycles. The van der Waals surface area contributed by atoms with Gasteiger partial charge in [0.15, 0.2) is 0 Å². The van der Waals surface area contributed by atoms with E-state index in [1.54, 1.807) is 6.92 Å². The number of ether oxygens (including phenoxy) is 1. The molecule has 0 aromatic rings. The fraction of sp³-hybridized carbons (Fsp3) is 0.636. The molecule has 0 aromatic heterocycles. The minimum absolute atomic E-state index is 0.368. The van der Waals surface area contributed by atoms with Gasteiger partial charge in [-0.1, -0.05) is 12.3 Å². The number of hydrogen-bond donors (Lipinski definition) is 0. The van der Waals surface area contributed by atoms with Gasteiger partial charge in [0, 0.05) is 18.8 Å². The molecule has 0 unspecified atom stereocenters. The molecule has 0 N–H and O–H groups in total. The number of esters is 1. The van der Waals surface area contributed by atoms with Crippen LogP contribution in [-0.2, 0) is 14.3 Å². The summed E-state index contributed by atoms with van der Waals surface area (Å²) in [5.41, 5.74) is 0. The predicted molar refractivity (Wildman–Crippen MR) is 53.6 cm³/mol. The van der Waals surface area contributed by atoms with Gasteiger partial charge >= 0.3 is 5.97 Å². The molecule has 0 amide bonds. The number of unbranched alkanes of at least 4 members (excludes halogenated alkanes) is 4. The summed E-state index contributed by atoms with van der Waals surface area (Å²) >= 11 is 0. The van der Waals surface area contributed by atoms with Gasteiger partial charge in [-0.3, -0.25) is 0 Å². The van der Waals surface area contributed by atoms with E-state index in [1.807, 2.05) is 0 Å². The first-order valence-electron chi connectivity index (χ1n) is 4.90. The van der Waals surface area contributed by atoms with E-state index in [1.165, 1.54) is 0 Å². The van der Waals surface area contributed by atoms with Crippen LogP contribution < -0.4 is 0 Å². The summed E-state index contributed by atoms with van der Waals surface area (Å²) in [5.74, 6) is 4.67. The lowest BCUT2D eigenvalue weighted by atomic mass is 10.1. The SMILES string of the molecule is CCOC(=O)C#CCCCCCC=O. The first-order valence-corrected chi connectivity index (χ1v) is 4.90. The molecule has 0 heterocycles. The second kappa shape index (κ2) is 9.79. The van der Waals surface area contributed by atoms with Crippen LogP contribution in [0.15, 0.2) is 0 Å². The molecule has 0 radical (unpaired) electrons. The molecule has 0 fully saturated rings. The quantitative estimate of drug-likeness (QED) is 0.213. The zero-order valence-electron chi connectivity index (χ0n) is 8.54. The minimum Gasteiger partial charge on any atom is -0.456 e. The molecule has 3 nitrogen and oxygen atoms in total. The van der Waals surface area contributed by atoms with E-state index < -0.39 is 5.97 Å². The zero-order valence-corrected chi connectivity index (χ0v) is 8.54. The third-order valence-electron chi connectivity index (χ3n) is 1.59. The fourth-order valence-corrected chi connectivity index (χ4v) is 0.920.